The molecule has 1 N–H and O–H groups in total. The van der Waals surface area contributed by atoms with Crippen LogP contribution in [-0.4, -0.2) is 74.7 Å². The molecule has 8 heteroatoms. The molecule has 1 atom stereocenters. The molecular formula is C20H25N7O. The van der Waals surface area contributed by atoms with Gasteiger partial charge in [0.1, 0.15) is 5.82 Å². The molecule has 0 saturated carbocycles. The van der Waals surface area contributed by atoms with Gasteiger partial charge in [-0.1, -0.05) is 0 Å². The Morgan fingerprint density at radius 3 is 2.71 bits per heavy atom. The summed E-state index contributed by atoms with van der Waals surface area (Å²) in [6.45, 7) is 5.40. The van der Waals surface area contributed by atoms with E-state index in [0.717, 1.165) is 41.7 Å². The third-order valence-corrected chi connectivity index (χ3v) is 5.19. The fourth-order valence-electron chi connectivity index (χ4n) is 3.60. The number of rotatable bonds is 4. The molecule has 28 heavy (non-hydrogen) atoms. The number of hydrogen-bond acceptors (Lipinski definition) is 6. The van der Waals surface area contributed by atoms with Gasteiger partial charge < -0.3 is 10.2 Å². The molecule has 0 radical (unpaired) electrons. The Morgan fingerprint density at radius 1 is 1.14 bits per heavy atom. The second-order valence-electron chi connectivity index (χ2n) is 7.52. The number of nitrogens with one attached hydrogen (secondary N) is 1. The Labute approximate surface area is 164 Å². The first kappa shape index (κ1) is 18.5. The van der Waals surface area contributed by atoms with Crippen molar-refractivity contribution < 1.29 is 4.79 Å². The van der Waals surface area contributed by atoms with Crippen LogP contribution in [0, 0.1) is 0 Å². The van der Waals surface area contributed by atoms with Crippen LogP contribution in [0.15, 0.2) is 36.9 Å². The van der Waals surface area contributed by atoms with Gasteiger partial charge in [0.05, 0.1) is 18.4 Å². The van der Waals surface area contributed by atoms with E-state index in [-0.39, 0.29) is 5.91 Å². The summed E-state index contributed by atoms with van der Waals surface area (Å²) in [4.78, 5) is 25.8. The Hall–Kier alpha value is -2.84. The summed E-state index contributed by atoms with van der Waals surface area (Å²) in [6, 6.07) is 4.25. The second-order valence-corrected chi connectivity index (χ2v) is 7.52. The molecule has 0 spiro atoms. The van der Waals surface area contributed by atoms with Gasteiger partial charge in [0.2, 0.25) is 5.91 Å². The average Bonchev–Trinajstić information content (AvgIpc) is 3.10. The quantitative estimate of drug-likeness (QED) is 0.742. The van der Waals surface area contributed by atoms with Crippen molar-refractivity contribution in [2.45, 2.75) is 13.0 Å². The van der Waals surface area contributed by atoms with E-state index in [1.54, 1.807) is 23.3 Å². The van der Waals surface area contributed by atoms with Crippen LogP contribution in [0.1, 0.15) is 6.92 Å². The van der Waals surface area contributed by atoms with E-state index in [4.69, 9.17) is 0 Å². The Balaban J connectivity index is 1.48. The molecule has 8 nitrogen and oxygen atoms in total. The van der Waals surface area contributed by atoms with Crippen LogP contribution in [0.25, 0.3) is 22.0 Å². The molecule has 146 valence electrons. The number of carbonyl (C=O) groups is 1. The summed E-state index contributed by atoms with van der Waals surface area (Å²) < 4.78 is 1.75. The lowest BCUT2D eigenvalue weighted by Crippen LogP contribution is -2.52. The Kier molecular flexibility index (Phi) is 5.06. The zero-order valence-corrected chi connectivity index (χ0v) is 16.5. The maximum atomic E-state index is 12.5. The number of aryl methyl sites for hydroxylation is 1. The van der Waals surface area contributed by atoms with Crippen molar-refractivity contribution in [2.24, 2.45) is 7.05 Å². The number of anilines is 1. The van der Waals surface area contributed by atoms with E-state index in [0.29, 0.717) is 18.4 Å². The van der Waals surface area contributed by atoms with Crippen molar-refractivity contribution in [3.05, 3.63) is 36.9 Å². The monoisotopic (exact) mass is 379 g/mol. The van der Waals surface area contributed by atoms with Crippen LogP contribution in [0.3, 0.4) is 0 Å². The standard InChI is InChI=1S/C20H25N7O/c1-14-11-25(2)4-5-27(14)13-20(28)24-19-7-15-6-18(17-10-23-26(3)12-17)21-8-16(15)9-22-19/h6-10,12,14H,4-5,11,13H2,1-3H3,(H,22,24,28)/t14-/m0/s1. The molecule has 3 aromatic rings. The average molecular weight is 379 g/mol. The molecule has 0 unspecified atom stereocenters. The summed E-state index contributed by atoms with van der Waals surface area (Å²) in [6.07, 6.45) is 7.25. The van der Waals surface area contributed by atoms with Crippen molar-refractivity contribution in [1.82, 2.24) is 29.5 Å². The van der Waals surface area contributed by atoms with Crippen LogP contribution in [0.5, 0.6) is 0 Å². The van der Waals surface area contributed by atoms with E-state index in [9.17, 15) is 4.79 Å². The zero-order valence-electron chi connectivity index (χ0n) is 16.5. The van der Waals surface area contributed by atoms with Crippen LogP contribution in [0.2, 0.25) is 0 Å². The predicted octanol–water partition coefficient (Wildman–Crippen LogP) is 1.60. The maximum Gasteiger partial charge on any atom is 0.239 e. The molecular weight excluding hydrogens is 354 g/mol. The number of nitrogens with zero attached hydrogens (tertiary/aromatic N) is 6. The van der Waals surface area contributed by atoms with Gasteiger partial charge in [0, 0.05) is 62.3 Å². The van der Waals surface area contributed by atoms with E-state index in [1.807, 2.05) is 25.4 Å². The summed E-state index contributed by atoms with van der Waals surface area (Å²) in [5.74, 6) is 0.521. The van der Waals surface area contributed by atoms with E-state index in [1.165, 1.54) is 0 Å². The topological polar surface area (TPSA) is 79.2 Å². The number of amides is 1. The minimum Gasteiger partial charge on any atom is -0.310 e. The lowest BCUT2D eigenvalue weighted by atomic mass is 10.1. The fraction of sp³-hybridized carbons (Fsp3) is 0.400. The minimum atomic E-state index is -0.0372. The molecule has 0 aromatic carbocycles. The molecule has 0 bridgehead atoms. The summed E-state index contributed by atoms with van der Waals surface area (Å²) in [5.41, 5.74) is 1.80. The first-order chi connectivity index (χ1) is 13.5. The van der Waals surface area contributed by atoms with Gasteiger partial charge in [-0.2, -0.15) is 5.10 Å². The van der Waals surface area contributed by atoms with Gasteiger partial charge in [-0.05, 0) is 31.5 Å². The number of fused-ring (bicyclic) bond motifs is 1. The fourth-order valence-corrected chi connectivity index (χ4v) is 3.60. The highest BCUT2D eigenvalue weighted by Crippen LogP contribution is 2.22. The van der Waals surface area contributed by atoms with Crippen molar-refractivity contribution in [3.8, 4) is 11.3 Å². The SMILES string of the molecule is C[C@H]1CN(C)CCN1CC(=O)Nc1cc2cc(-c3cnn(C)c3)ncc2cn1. The first-order valence-corrected chi connectivity index (χ1v) is 9.45. The molecule has 3 aromatic heterocycles. The number of likely N-dealkylation sites (N-methyl/N-ethyl adjacent to an activating group) is 1. The van der Waals surface area contributed by atoms with Gasteiger partial charge >= 0.3 is 0 Å². The van der Waals surface area contributed by atoms with Crippen molar-refractivity contribution in [1.29, 1.82) is 0 Å². The maximum absolute atomic E-state index is 12.5. The van der Waals surface area contributed by atoms with Crippen LogP contribution in [-0.2, 0) is 11.8 Å². The van der Waals surface area contributed by atoms with Gasteiger partial charge in [-0.25, -0.2) is 4.98 Å². The number of hydrogen-bond donors (Lipinski definition) is 1. The summed E-state index contributed by atoms with van der Waals surface area (Å²) in [7, 11) is 3.99. The lowest BCUT2D eigenvalue weighted by Gasteiger charge is -2.37. The van der Waals surface area contributed by atoms with Gasteiger partial charge in [0.25, 0.3) is 0 Å². The summed E-state index contributed by atoms with van der Waals surface area (Å²) >= 11 is 0. The van der Waals surface area contributed by atoms with Crippen molar-refractivity contribution in [2.75, 3.05) is 38.5 Å². The highest BCUT2D eigenvalue weighted by Gasteiger charge is 2.23. The van der Waals surface area contributed by atoms with Crippen LogP contribution in [0.4, 0.5) is 5.82 Å². The number of piperazine rings is 1. The van der Waals surface area contributed by atoms with Crippen molar-refractivity contribution >= 4 is 22.5 Å². The van der Waals surface area contributed by atoms with Gasteiger partial charge in [-0.15, -0.1) is 0 Å². The molecule has 1 aliphatic heterocycles. The van der Waals surface area contributed by atoms with Crippen molar-refractivity contribution in [3.63, 3.8) is 0 Å². The molecule has 1 amide bonds. The zero-order chi connectivity index (χ0) is 19.7. The molecule has 4 rings (SSSR count). The molecule has 0 aliphatic carbocycles. The normalized spacial score (nSPS) is 18.5. The molecule has 1 fully saturated rings. The minimum absolute atomic E-state index is 0.0372. The Bertz CT molecular complexity index is 999. The highest BCUT2D eigenvalue weighted by molar-refractivity contribution is 5.94. The largest absolute Gasteiger partial charge is 0.310 e. The van der Waals surface area contributed by atoms with Crippen LogP contribution < -0.4 is 5.32 Å². The Morgan fingerprint density at radius 2 is 1.96 bits per heavy atom. The molecule has 4 heterocycles. The van der Waals surface area contributed by atoms with Gasteiger partial charge in [-0.3, -0.25) is 19.4 Å². The van der Waals surface area contributed by atoms with E-state index in [2.05, 4.69) is 44.2 Å². The van der Waals surface area contributed by atoms with E-state index >= 15 is 0 Å². The third-order valence-electron chi connectivity index (χ3n) is 5.19. The molecule has 1 aliphatic rings. The lowest BCUT2D eigenvalue weighted by molar-refractivity contribution is -0.118. The highest BCUT2D eigenvalue weighted by atomic mass is 16.2. The van der Waals surface area contributed by atoms with Gasteiger partial charge in [0.15, 0.2) is 0 Å². The van der Waals surface area contributed by atoms with Crippen LogP contribution >= 0.6 is 0 Å². The smallest absolute Gasteiger partial charge is 0.239 e. The number of carbonyl (C=O) groups excluding carboxylic acids is 1. The predicted molar refractivity (Wildman–Crippen MR) is 109 cm³/mol. The van der Waals surface area contributed by atoms with E-state index < -0.39 is 0 Å². The first-order valence-electron chi connectivity index (χ1n) is 9.45. The number of pyridine rings is 2. The third kappa shape index (κ3) is 4.02. The molecule has 1 saturated heterocycles. The summed E-state index contributed by atoms with van der Waals surface area (Å²) in [5, 5.41) is 9.04. The number of aromatic nitrogens is 4. The second kappa shape index (κ2) is 7.65.